The molecule has 9 heteroatoms. The Hall–Kier alpha value is -2.87. The number of hydroxylamine groups is 1. The number of hydrogen-bond donors (Lipinski definition) is 1. The molecule has 0 atom stereocenters. The molecule has 0 aliphatic carbocycles. The van der Waals surface area contributed by atoms with Crippen LogP contribution in [0.15, 0.2) is 54.6 Å². The molecule has 0 saturated carbocycles. The summed E-state index contributed by atoms with van der Waals surface area (Å²) in [6.07, 6.45) is 5.62. The standard InChI is InChI=1S/C21H20Cl2N4O3/c22-18-6-1-2-7-19(18)25-12-14-26(15-13-25)20(28)10-8-16-4-3-5-17(24-16)9-11-21(29)27(23)30/h1-11,30H,12-15H2/b10-8+,11-9+. The van der Waals surface area contributed by atoms with Crippen molar-refractivity contribution in [3.05, 3.63) is 71.0 Å². The molecule has 2 aromatic rings. The van der Waals surface area contributed by atoms with E-state index in [1.54, 1.807) is 29.2 Å². The third-order valence-electron chi connectivity index (χ3n) is 4.55. The van der Waals surface area contributed by atoms with Crippen molar-refractivity contribution < 1.29 is 14.8 Å². The van der Waals surface area contributed by atoms with Crippen molar-refractivity contribution in [2.24, 2.45) is 0 Å². The van der Waals surface area contributed by atoms with Gasteiger partial charge in [-0.3, -0.25) is 14.8 Å². The van der Waals surface area contributed by atoms with Gasteiger partial charge in [0, 0.05) is 50.1 Å². The Morgan fingerprint density at radius 2 is 1.60 bits per heavy atom. The average Bonchev–Trinajstić information content (AvgIpc) is 2.76. The van der Waals surface area contributed by atoms with Crippen molar-refractivity contribution in [3.63, 3.8) is 0 Å². The molecule has 0 unspecified atom stereocenters. The highest BCUT2D eigenvalue weighted by molar-refractivity contribution is 6.33. The molecule has 1 aliphatic rings. The number of benzene rings is 1. The van der Waals surface area contributed by atoms with Crippen LogP contribution in [0, 0.1) is 0 Å². The molecule has 30 heavy (non-hydrogen) atoms. The number of pyridine rings is 1. The summed E-state index contributed by atoms with van der Waals surface area (Å²) < 4.78 is -0.0373. The van der Waals surface area contributed by atoms with E-state index < -0.39 is 5.91 Å². The second-order valence-electron chi connectivity index (χ2n) is 6.52. The minimum atomic E-state index is -0.787. The van der Waals surface area contributed by atoms with Gasteiger partial charge in [-0.2, -0.15) is 0 Å². The van der Waals surface area contributed by atoms with Crippen LogP contribution < -0.4 is 4.90 Å². The summed E-state index contributed by atoms with van der Waals surface area (Å²) in [7, 11) is 0. The van der Waals surface area contributed by atoms with E-state index in [2.05, 4.69) is 9.88 Å². The molecule has 0 radical (unpaired) electrons. The summed E-state index contributed by atoms with van der Waals surface area (Å²) in [5.74, 6) is -0.879. The molecular formula is C21H20Cl2N4O3. The van der Waals surface area contributed by atoms with E-state index in [1.165, 1.54) is 12.2 Å². The second-order valence-corrected chi connectivity index (χ2v) is 7.24. The molecule has 2 heterocycles. The van der Waals surface area contributed by atoms with Crippen molar-refractivity contribution in [1.29, 1.82) is 0 Å². The van der Waals surface area contributed by atoms with Gasteiger partial charge in [0.1, 0.15) is 0 Å². The van der Waals surface area contributed by atoms with Crippen LogP contribution in [0.1, 0.15) is 11.4 Å². The van der Waals surface area contributed by atoms with Crippen LogP contribution in [0.25, 0.3) is 12.2 Å². The van der Waals surface area contributed by atoms with E-state index in [-0.39, 0.29) is 10.5 Å². The number of anilines is 1. The summed E-state index contributed by atoms with van der Waals surface area (Å²) in [6.45, 7) is 2.61. The van der Waals surface area contributed by atoms with Crippen molar-refractivity contribution in [1.82, 2.24) is 14.5 Å². The molecule has 7 nitrogen and oxygen atoms in total. The van der Waals surface area contributed by atoms with Gasteiger partial charge < -0.3 is 9.80 Å². The van der Waals surface area contributed by atoms with E-state index in [1.807, 2.05) is 24.3 Å². The lowest BCUT2D eigenvalue weighted by molar-refractivity contribution is -0.140. The SMILES string of the molecule is O=C(/C=C/c1cccc(/C=C/C(=O)N2CCN(c3ccccc3Cl)CC2)n1)N(O)Cl. The zero-order valence-corrected chi connectivity index (χ0v) is 17.5. The van der Waals surface area contributed by atoms with Gasteiger partial charge in [0.05, 0.1) is 22.1 Å². The Morgan fingerprint density at radius 1 is 0.967 bits per heavy atom. The molecule has 2 amide bonds. The quantitative estimate of drug-likeness (QED) is 0.329. The lowest BCUT2D eigenvalue weighted by Gasteiger charge is -2.36. The smallest absolute Gasteiger partial charge is 0.285 e. The van der Waals surface area contributed by atoms with Gasteiger partial charge in [-0.15, -0.1) is 4.58 Å². The highest BCUT2D eigenvalue weighted by Gasteiger charge is 2.20. The molecule has 1 N–H and O–H groups in total. The lowest BCUT2D eigenvalue weighted by atomic mass is 10.2. The Kier molecular flexibility index (Phi) is 7.46. The Balaban J connectivity index is 1.57. The predicted molar refractivity (Wildman–Crippen MR) is 117 cm³/mol. The zero-order valence-electron chi connectivity index (χ0n) is 16.0. The molecular weight excluding hydrogens is 427 g/mol. The van der Waals surface area contributed by atoms with Gasteiger partial charge in [0.2, 0.25) is 5.91 Å². The molecule has 3 rings (SSSR count). The first-order valence-electron chi connectivity index (χ1n) is 9.24. The summed E-state index contributed by atoms with van der Waals surface area (Å²) in [5, 5.41) is 9.54. The lowest BCUT2D eigenvalue weighted by Crippen LogP contribution is -2.48. The van der Waals surface area contributed by atoms with E-state index in [0.717, 1.165) is 11.8 Å². The number of carbonyl (C=O) groups excluding carboxylic acids is 2. The number of rotatable bonds is 5. The van der Waals surface area contributed by atoms with E-state index in [4.69, 9.17) is 28.6 Å². The minimum Gasteiger partial charge on any atom is -0.367 e. The number of carbonyl (C=O) groups is 2. The molecule has 156 valence electrons. The van der Waals surface area contributed by atoms with Gasteiger partial charge in [-0.25, -0.2) is 4.98 Å². The maximum Gasteiger partial charge on any atom is 0.285 e. The van der Waals surface area contributed by atoms with Crippen molar-refractivity contribution in [3.8, 4) is 0 Å². The molecule has 1 aromatic carbocycles. The van der Waals surface area contributed by atoms with Crippen molar-refractivity contribution >= 4 is 53.0 Å². The molecule has 1 aromatic heterocycles. The van der Waals surface area contributed by atoms with E-state index >= 15 is 0 Å². The van der Waals surface area contributed by atoms with E-state index in [0.29, 0.717) is 42.6 Å². The highest BCUT2D eigenvalue weighted by Crippen LogP contribution is 2.26. The van der Waals surface area contributed by atoms with Gasteiger partial charge >= 0.3 is 0 Å². The molecule has 1 fully saturated rings. The number of para-hydroxylation sites is 1. The maximum absolute atomic E-state index is 12.5. The van der Waals surface area contributed by atoms with Crippen LogP contribution in [-0.2, 0) is 9.59 Å². The van der Waals surface area contributed by atoms with Crippen LogP contribution in [0.3, 0.4) is 0 Å². The fourth-order valence-corrected chi connectivity index (χ4v) is 3.32. The van der Waals surface area contributed by atoms with Crippen molar-refractivity contribution in [2.45, 2.75) is 0 Å². The number of piperazine rings is 1. The maximum atomic E-state index is 12.5. The largest absolute Gasteiger partial charge is 0.367 e. The van der Waals surface area contributed by atoms with Crippen molar-refractivity contribution in [2.75, 3.05) is 31.1 Å². The van der Waals surface area contributed by atoms with Crippen LogP contribution in [0.4, 0.5) is 5.69 Å². The number of hydrogen-bond acceptors (Lipinski definition) is 5. The first-order chi connectivity index (χ1) is 14.4. The molecule has 0 spiro atoms. The van der Waals surface area contributed by atoms with Crippen LogP contribution in [0.2, 0.25) is 5.02 Å². The topological polar surface area (TPSA) is 77.0 Å². The average molecular weight is 447 g/mol. The van der Waals surface area contributed by atoms with Crippen LogP contribution in [0.5, 0.6) is 0 Å². The monoisotopic (exact) mass is 446 g/mol. The van der Waals surface area contributed by atoms with Crippen LogP contribution in [-0.4, -0.2) is 57.7 Å². The predicted octanol–water partition coefficient (Wildman–Crippen LogP) is 3.48. The van der Waals surface area contributed by atoms with Gasteiger partial charge in [0.15, 0.2) is 0 Å². The van der Waals surface area contributed by atoms with Crippen LogP contribution >= 0.6 is 23.4 Å². The Morgan fingerprint density at radius 3 is 2.23 bits per heavy atom. The molecule has 0 bridgehead atoms. The number of amides is 2. The van der Waals surface area contributed by atoms with Gasteiger partial charge in [0.25, 0.3) is 5.91 Å². The minimum absolute atomic E-state index is 0.0373. The first-order valence-corrected chi connectivity index (χ1v) is 9.96. The van der Waals surface area contributed by atoms with Gasteiger partial charge in [-0.1, -0.05) is 29.8 Å². The normalized spacial score (nSPS) is 14.5. The summed E-state index contributed by atoms with van der Waals surface area (Å²) in [5.41, 5.74) is 2.04. The highest BCUT2D eigenvalue weighted by atomic mass is 35.5. The number of halogens is 2. The van der Waals surface area contributed by atoms with E-state index in [9.17, 15) is 9.59 Å². The third-order valence-corrected chi connectivity index (χ3v) is 5.04. The molecule has 1 saturated heterocycles. The second kappa shape index (κ2) is 10.2. The first kappa shape index (κ1) is 21.8. The Bertz CT molecular complexity index is 970. The van der Waals surface area contributed by atoms with Gasteiger partial charge in [-0.05, 0) is 36.4 Å². The zero-order chi connectivity index (χ0) is 21.5. The summed E-state index contributed by atoms with van der Waals surface area (Å²) in [4.78, 5) is 32.1. The molecule has 1 aliphatic heterocycles. The summed E-state index contributed by atoms with van der Waals surface area (Å²) in [6, 6.07) is 12.9. The third kappa shape index (κ3) is 5.82. The fraction of sp³-hybridized carbons (Fsp3) is 0.190. The number of nitrogens with zero attached hydrogens (tertiary/aromatic N) is 4. The number of aromatic nitrogens is 1. The summed E-state index contributed by atoms with van der Waals surface area (Å²) >= 11 is 11.4. The Labute approximate surface area is 184 Å². The fourth-order valence-electron chi connectivity index (χ4n) is 3.01.